The number of ether oxygens (including phenoxy) is 1. The van der Waals surface area contributed by atoms with E-state index >= 15 is 0 Å². The third-order valence-corrected chi connectivity index (χ3v) is 4.26. The van der Waals surface area contributed by atoms with Crippen LogP contribution in [0, 0.1) is 0 Å². The summed E-state index contributed by atoms with van der Waals surface area (Å²) in [6.07, 6.45) is 2.70. The molecule has 0 bridgehead atoms. The van der Waals surface area contributed by atoms with Gasteiger partial charge in [-0.1, -0.05) is 18.2 Å². The summed E-state index contributed by atoms with van der Waals surface area (Å²) in [5, 5.41) is 6.35. The normalized spacial score (nSPS) is 16.7. The average Bonchev–Trinajstić information content (AvgIpc) is 3.11. The Morgan fingerprint density at radius 3 is 2.84 bits per heavy atom. The molecule has 0 radical (unpaired) electrons. The average molecular weight is 340 g/mol. The number of carbonyl (C=O) groups excluding carboxylic acids is 1. The fourth-order valence-electron chi connectivity index (χ4n) is 2.93. The van der Waals surface area contributed by atoms with Gasteiger partial charge in [-0.15, -0.1) is 0 Å². The summed E-state index contributed by atoms with van der Waals surface area (Å²) in [5.74, 6) is 0.784. The Kier molecular flexibility index (Phi) is 5.85. The summed E-state index contributed by atoms with van der Waals surface area (Å²) < 4.78 is 4.92. The number of hydrogen-bond donors (Lipinski definition) is 2. The molecule has 1 fully saturated rings. The molecular weight excluding hydrogens is 316 g/mol. The summed E-state index contributed by atoms with van der Waals surface area (Å²) in [5.41, 5.74) is 1.71. The van der Waals surface area contributed by atoms with Gasteiger partial charge in [0.15, 0.2) is 0 Å². The van der Waals surface area contributed by atoms with E-state index < -0.39 is 0 Å². The van der Waals surface area contributed by atoms with Crippen LogP contribution >= 0.6 is 0 Å². The van der Waals surface area contributed by atoms with Crippen LogP contribution in [-0.2, 0) is 4.74 Å². The van der Waals surface area contributed by atoms with Crippen LogP contribution in [0.3, 0.4) is 0 Å². The lowest BCUT2D eigenvalue weighted by Gasteiger charge is -2.18. The molecule has 1 aromatic heterocycles. The van der Waals surface area contributed by atoms with E-state index in [1.165, 1.54) is 0 Å². The molecule has 6 nitrogen and oxygen atoms in total. The summed E-state index contributed by atoms with van der Waals surface area (Å²) in [7, 11) is 1.61. The highest BCUT2D eigenvalue weighted by molar-refractivity contribution is 5.94. The van der Waals surface area contributed by atoms with E-state index in [0.717, 1.165) is 31.0 Å². The molecule has 3 rings (SSSR count). The molecule has 6 heteroatoms. The number of hydrogen-bond acceptors (Lipinski definition) is 5. The minimum Gasteiger partial charge on any atom is -0.383 e. The molecule has 1 saturated heterocycles. The first kappa shape index (κ1) is 17.2. The van der Waals surface area contributed by atoms with Crippen LogP contribution in [-0.4, -0.2) is 50.3 Å². The molecule has 2 aromatic rings. The van der Waals surface area contributed by atoms with Gasteiger partial charge in [0.1, 0.15) is 5.82 Å². The van der Waals surface area contributed by atoms with Gasteiger partial charge in [-0.3, -0.25) is 4.79 Å². The Hall–Kier alpha value is -2.60. The summed E-state index contributed by atoms with van der Waals surface area (Å²) in [4.78, 5) is 18.7. The van der Waals surface area contributed by atoms with Gasteiger partial charge in [-0.2, -0.15) is 0 Å². The minimum absolute atomic E-state index is 0.124. The highest BCUT2D eigenvalue weighted by atomic mass is 16.5. The van der Waals surface area contributed by atoms with Gasteiger partial charge in [0, 0.05) is 44.7 Å². The maximum absolute atomic E-state index is 12.0. The largest absolute Gasteiger partial charge is 0.383 e. The number of pyridine rings is 1. The van der Waals surface area contributed by atoms with Crippen LogP contribution in [0.25, 0.3) is 0 Å². The van der Waals surface area contributed by atoms with Crippen molar-refractivity contribution in [3.63, 3.8) is 0 Å². The number of anilines is 2. The first-order valence-electron chi connectivity index (χ1n) is 8.56. The number of methoxy groups -OCH3 is 1. The molecule has 1 amide bonds. The smallest absolute Gasteiger partial charge is 0.252 e. The standard InChI is InChI=1S/C19H24N4O2/c1-25-12-10-20-19(24)15-7-8-18(21-13-15)23-11-9-17(14-23)22-16-5-3-2-4-6-16/h2-8,13,17,22H,9-12,14H2,1H3,(H,20,24). The second-order valence-corrected chi connectivity index (χ2v) is 6.10. The Bertz CT molecular complexity index is 676. The summed E-state index contributed by atoms with van der Waals surface area (Å²) >= 11 is 0. The SMILES string of the molecule is COCCNC(=O)c1ccc(N2CCC(Nc3ccccc3)C2)nc1. The van der Waals surface area contributed by atoms with E-state index in [1.807, 2.05) is 30.3 Å². The van der Waals surface area contributed by atoms with Gasteiger partial charge < -0.3 is 20.3 Å². The quantitative estimate of drug-likeness (QED) is 0.756. The Balaban J connectivity index is 1.53. The van der Waals surface area contributed by atoms with Gasteiger partial charge in [0.25, 0.3) is 5.91 Å². The first-order chi connectivity index (χ1) is 12.3. The molecule has 1 aromatic carbocycles. The zero-order chi connectivity index (χ0) is 17.5. The summed E-state index contributed by atoms with van der Waals surface area (Å²) in [6, 6.07) is 14.4. The van der Waals surface area contributed by atoms with Gasteiger partial charge in [-0.25, -0.2) is 4.98 Å². The Morgan fingerprint density at radius 1 is 1.28 bits per heavy atom. The van der Waals surface area contributed by atoms with Crippen LogP contribution in [0.2, 0.25) is 0 Å². The second kappa shape index (κ2) is 8.48. The number of carbonyl (C=O) groups is 1. The van der Waals surface area contributed by atoms with E-state index in [0.29, 0.717) is 24.8 Å². The third-order valence-electron chi connectivity index (χ3n) is 4.26. The molecule has 2 heterocycles. The van der Waals surface area contributed by atoms with Crippen molar-refractivity contribution in [2.75, 3.05) is 43.6 Å². The van der Waals surface area contributed by atoms with Crippen molar-refractivity contribution in [3.05, 3.63) is 54.2 Å². The predicted octanol–water partition coefficient (Wildman–Crippen LogP) is 2.15. The molecule has 1 atom stereocenters. The number of nitrogens with one attached hydrogen (secondary N) is 2. The number of rotatable bonds is 7. The lowest BCUT2D eigenvalue weighted by molar-refractivity contribution is 0.0937. The molecular formula is C19H24N4O2. The number of aromatic nitrogens is 1. The van der Waals surface area contributed by atoms with Gasteiger partial charge in [0.2, 0.25) is 0 Å². The van der Waals surface area contributed by atoms with Gasteiger partial charge in [-0.05, 0) is 30.7 Å². The van der Waals surface area contributed by atoms with Crippen LogP contribution in [0.5, 0.6) is 0 Å². The van der Waals surface area contributed by atoms with Crippen LogP contribution in [0.15, 0.2) is 48.7 Å². The van der Waals surface area contributed by atoms with Crippen LogP contribution < -0.4 is 15.5 Å². The van der Waals surface area contributed by atoms with Crippen molar-refractivity contribution < 1.29 is 9.53 Å². The maximum atomic E-state index is 12.0. The first-order valence-corrected chi connectivity index (χ1v) is 8.56. The molecule has 0 aliphatic carbocycles. The molecule has 2 N–H and O–H groups in total. The molecule has 1 unspecified atom stereocenters. The molecule has 0 saturated carbocycles. The molecule has 0 spiro atoms. The van der Waals surface area contributed by atoms with E-state index in [9.17, 15) is 4.79 Å². The number of benzene rings is 1. The highest BCUT2D eigenvalue weighted by Gasteiger charge is 2.23. The van der Waals surface area contributed by atoms with E-state index in [1.54, 1.807) is 13.3 Å². The Morgan fingerprint density at radius 2 is 2.12 bits per heavy atom. The fourth-order valence-corrected chi connectivity index (χ4v) is 2.93. The zero-order valence-electron chi connectivity index (χ0n) is 14.4. The van der Waals surface area contributed by atoms with Crippen molar-refractivity contribution in [2.45, 2.75) is 12.5 Å². The lowest BCUT2D eigenvalue weighted by atomic mass is 10.2. The van der Waals surface area contributed by atoms with Crippen LogP contribution in [0.1, 0.15) is 16.8 Å². The number of para-hydroxylation sites is 1. The monoisotopic (exact) mass is 340 g/mol. The molecule has 1 aliphatic rings. The highest BCUT2D eigenvalue weighted by Crippen LogP contribution is 2.21. The van der Waals surface area contributed by atoms with Crippen molar-refractivity contribution in [3.8, 4) is 0 Å². The van der Waals surface area contributed by atoms with Crippen molar-refractivity contribution >= 4 is 17.4 Å². The van der Waals surface area contributed by atoms with Crippen molar-refractivity contribution in [1.82, 2.24) is 10.3 Å². The summed E-state index contributed by atoms with van der Waals surface area (Å²) in [6.45, 7) is 2.86. The molecule has 1 aliphatic heterocycles. The fraction of sp³-hybridized carbons (Fsp3) is 0.368. The zero-order valence-corrected chi connectivity index (χ0v) is 14.4. The van der Waals surface area contributed by atoms with E-state index in [-0.39, 0.29) is 5.91 Å². The molecule has 132 valence electrons. The van der Waals surface area contributed by atoms with E-state index in [2.05, 4.69) is 32.7 Å². The predicted molar refractivity (Wildman–Crippen MR) is 99.1 cm³/mol. The van der Waals surface area contributed by atoms with Gasteiger partial charge >= 0.3 is 0 Å². The van der Waals surface area contributed by atoms with Crippen molar-refractivity contribution in [1.29, 1.82) is 0 Å². The van der Waals surface area contributed by atoms with Crippen molar-refractivity contribution in [2.24, 2.45) is 0 Å². The number of nitrogens with zero attached hydrogens (tertiary/aromatic N) is 2. The minimum atomic E-state index is -0.124. The maximum Gasteiger partial charge on any atom is 0.252 e. The molecule has 25 heavy (non-hydrogen) atoms. The lowest BCUT2D eigenvalue weighted by Crippen LogP contribution is -2.28. The van der Waals surface area contributed by atoms with Crippen LogP contribution in [0.4, 0.5) is 11.5 Å². The second-order valence-electron chi connectivity index (χ2n) is 6.10. The van der Waals surface area contributed by atoms with E-state index in [4.69, 9.17) is 4.74 Å². The van der Waals surface area contributed by atoms with Gasteiger partial charge in [0.05, 0.1) is 12.2 Å². The Labute approximate surface area is 148 Å². The third kappa shape index (κ3) is 4.70. The topological polar surface area (TPSA) is 66.5 Å². The number of amides is 1.